The molecular weight excluding hydrogens is 523 g/mol. The fourth-order valence-corrected chi connectivity index (χ4v) is 6.33. The lowest BCUT2D eigenvalue weighted by Gasteiger charge is -2.32. The fraction of sp³-hybridized carbons (Fsp3) is 0.710. The molecule has 4 atom stereocenters. The highest BCUT2D eigenvalue weighted by atomic mass is 16.7. The standard InChI is InChI=1S/C31H47BN2O7/c1-29(2,3)39-28(37)33-17-26(35)34-18-22-16-24(27(36)38-20-21-12-9-8-10-13-21)23(25(22)19-34)14-11-15-32-40-30(4,5)31(6,7)41-32/h8-10,12-13,22-25H,11,14-20H2,1-7H3,(H,33,37). The third kappa shape index (κ3) is 7.83. The number of rotatable bonds is 9. The molecule has 0 aromatic heterocycles. The van der Waals surface area contributed by atoms with E-state index in [0.717, 1.165) is 24.7 Å². The molecule has 1 aromatic carbocycles. The zero-order valence-corrected chi connectivity index (χ0v) is 25.7. The Balaban J connectivity index is 1.36. The number of hydrogen-bond acceptors (Lipinski definition) is 7. The highest BCUT2D eigenvalue weighted by Crippen LogP contribution is 2.49. The summed E-state index contributed by atoms with van der Waals surface area (Å²) in [6.45, 7) is 14.8. The summed E-state index contributed by atoms with van der Waals surface area (Å²) < 4.78 is 23.4. The lowest BCUT2D eigenvalue weighted by Crippen LogP contribution is -2.42. The first-order valence-corrected chi connectivity index (χ1v) is 15.0. The summed E-state index contributed by atoms with van der Waals surface area (Å²) in [7, 11) is -0.277. The maximum absolute atomic E-state index is 13.3. The zero-order chi connectivity index (χ0) is 30.0. The number of carbonyl (C=O) groups excluding carboxylic acids is 3. The van der Waals surface area contributed by atoms with Crippen molar-refractivity contribution >= 4 is 25.1 Å². The first-order valence-electron chi connectivity index (χ1n) is 15.0. The number of amides is 2. The second kappa shape index (κ2) is 12.3. The van der Waals surface area contributed by atoms with Gasteiger partial charge in [0.05, 0.1) is 17.1 Å². The van der Waals surface area contributed by atoms with Gasteiger partial charge < -0.3 is 29.0 Å². The lowest BCUT2D eigenvalue weighted by atomic mass is 9.77. The van der Waals surface area contributed by atoms with Gasteiger partial charge in [0.2, 0.25) is 5.91 Å². The van der Waals surface area contributed by atoms with Gasteiger partial charge in [0.25, 0.3) is 0 Å². The molecule has 2 amide bonds. The van der Waals surface area contributed by atoms with Crippen LogP contribution in [0.2, 0.25) is 6.32 Å². The maximum Gasteiger partial charge on any atom is 0.457 e. The number of hydrogen-bond donors (Lipinski definition) is 1. The molecule has 3 fully saturated rings. The van der Waals surface area contributed by atoms with Crippen molar-refractivity contribution in [1.29, 1.82) is 0 Å². The summed E-state index contributed by atoms with van der Waals surface area (Å²) in [5.74, 6) is 0.0221. The smallest absolute Gasteiger partial charge is 0.457 e. The third-order valence-corrected chi connectivity index (χ3v) is 9.06. The number of ether oxygens (including phenoxy) is 2. The minimum atomic E-state index is -0.630. The number of benzene rings is 1. The molecule has 4 unspecified atom stereocenters. The summed E-state index contributed by atoms with van der Waals surface area (Å²) in [6.07, 6.45) is 2.51. The monoisotopic (exact) mass is 570 g/mol. The Morgan fingerprint density at radius 3 is 2.34 bits per heavy atom. The van der Waals surface area contributed by atoms with Crippen LogP contribution in [0.3, 0.4) is 0 Å². The van der Waals surface area contributed by atoms with E-state index >= 15 is 0 Å². The normalized spacial score (nSPS) is 26.5. The van der Waals surface area contributed by atoms with Gasteiger partial charge in [0, 0.05) is 13.1 Å². The number of nitrogens with one attached hydrogen (secondary N) is 1. The molecule has 1 aromatic rings. The van der Waals surface area contributed by atoms with Crippen molar-refractivity contribution in [1.82, 2.24) is 10.2 Å². The van der Waals surface area contributed by atoms with Crippen LogP contribution in [0.1, 0.15) is 73.3 Å². The summed E-state index contributed by atoms with van der Waals surface area (Å²) in [5, 5.41) is 2.58. The number of fused-ring (bicyclic) bond motifs is 1. The van der Waals surface area contributed by atoms with E-state index in [1.165, 1.54) is 0 Å². The van der Waals surface area contributed by atoms with Crippen molar-refractivity contribution in [2.75, 3.05) is 19.6 Å². The summed E-state index contributed by atoms with van der Waals surface area (Å²) in [5.41, 5.74) is -0.417. The molecular formula is C31H47BN2O7. The minimum absolute atomic E-state index is 0.0994. The van der Waals surface area contributed by atoms with Crippen LogP contribution in [-0.2, 0) is 35.0 Å². The second-order valence-electron chi connectivity index (χ2n) is 13.8. The molecule has 9 nitrogen and oxygen atoms in total. The van der Waals surface area contributed by atoms with Crippen LogP contribution in [0.25, 0.3) is 0 Å². The molecule has 226 valence electrons. The molecule has 0 radical (unpaired) electrons. The van der Waals surface area contributed by atoms with Crippen LogP contribution in [0, 0.1) is 23.7 Å². The molecule has 1 saturated carbocycles. The van der Waals surface area contributed by atoms with E-state index in [1.54, 1.807) is 20.8 Å². The van der Waals surface area contributed by atoms with Gasteiger partial charge in [0.15, 0.2) is 0 Å². The maximum atomic E-state index is 13.3. The zero-order valence-electron chi connectivity index (χ0n) is 25.7. The third-order valence-electron chi connectivity index (χ3n) is 9.06. The van der Waals surface area contributed by atoms with Crippen molar-refractivity contribution in [3.05, 3.63) is 35.9 Å². The van der Waals surface area contributed by atoms with Crippen molar-refractivity contribution in [3.63, 3.8) is 0 Å². The highest BCUT2D eigenvalue weighted by Gasteiger charge is 2.53. The van der Waals surface area contributed by atoms with Gasteiger partial charge >= 0.3 is 19.2 Å². The van der Waals surface area contributed by atoms with Gasteiger partial charge in [-0.1, -0.05) is 36.8 Å². The predicted molar refractivity (Wildman–Crippen MR) is 156 cm³/mol. The number of nitrogens with zero attached hydrogens (tertiary/aromatic N) is 1. The molecule has 41 heavy (non-hydrogen) atoms. The summed E-state index contributed by atoms with van der Waals surface area (Å²) in [4.78, 5) is 40.2. The predicted octanol–water partition coefficient (Wildman–Crippen LogP) is 4.84. The molecule has 10 heteroatoms. The molecule has 1 aliphatic carbocycles. The van der Waals surface area contributed by atoms with Gasteiger partial charge in [-0.3, -0.25) is 9.59 Å². The van der Waals surface area contributed by atoms with E-state index in [2.05, 4.69) is 33.0 Å². The topological polar surface area (TPSA) is 103 Å². The molecule has 0 bridgehead atoms. The van der Waals surface area contributed by atoms with Gasteiger partial charge in [-0.2, -0.15) is 0 Å². The van der Waals surface area contributed by atoms with Crippen LogP contribution in [-0.4, -0.2) is 66.4 Å². The van der Waals surface area contributed by atoms with Gasteiger partial charge in [0.1, 0.15) is 18.8 Å². The summed E-state index contributed by atoms with van der Waals surface area (Å²) >= 11 is 0. The Bertz CT molecular complexity index is 1070. The Morgan fingerprint density at radius 1 is 1.05 bits per heavy atom. The van der Waals surface area contributed by atoms with Gasteiger partial charge in [-0.25, -0.2) is 4.79 Å². The largest absolute Gasteiger partial charge is 0.461 e. The Hall–Kier alpha value is -2.59. The van der Waals surface area contributed by atoms with E-state index in [9.17, 15) is 14.4 Å². The molecule has 4 rings (SSSR count). The number of likely N-dealkylation sites (tertiary alicyclic amines) is 1. The average molecular weight is 571 g/mol. The first-order chi connectivity index (χ1) is 19.1. The number of carbonyl (C=O) groups is 3. The van der Waals surface area contributed by atoms with Crippen LogP contribution in [0.5, 0.6) is 0 Å². The molecule has 2 heterocycles. The van der Waals surface area contributed by atoms with E-state index in [-0.39, 0.29) is 67.0 Å². The minimum Gasteiger partial charge on any atom is -0.461 e. The van der Waals surface area contributed by atoms with Crippen molar-refractivity contribution in [2.24, 2.45) is 23.7 Å². The molecule has 1 N–H and O–H groups in total. The SMILES string of the molecule is CC(C)(C)OC(=O)NCC(=O)N1CC2CC(C(=O)OCc3ccccc3)C(CCCB3OC(C)(C)C(C)(C)O3)C2C1. The quantitative estimate of drug-likeness (QED) is 0.335. The Morgan fingerprint density at radius 2 is 1.71 bits per heavy atom. The Kier molecular flexibility index (Phi) is 9.43. The van der Waals surface area contributed by atoms with E-state index < -0.39 is 11.7 Å². The van der Waals surface area contributed by atoms with Crippen LogP contribution in [0.15, 0.2) is 30.3 Å². The molecule has 0 spiro atoms. The molecule has 3 aliphatic rings. The molecule has 2 aliphatic heterocycles. The Labute approximate surface area is 245 Å². The van der Waals surface area contributed by atoms with Crippen LogP contribution >= 0.6 is 0 Å². The van der Waals surface area contributed by atoms with Crippen molar-refractivity contribution in [2.45, 2.75) is 97.5 Å². The van der Waals surface area contributed by atoms with Crippen LogP contribution < -0.4 is 5.32 Å². The van der Waals surface area contributed by atoms with Gasteiger partial charge in [-0.05, 0) is 90.9 Å². The van der Waals surface area contributed by atoms with E-state index in [0.29, 0.717) is 19.5 Å². The average Bonchev–Trinajstić information content (AvgIpc) is 3.50. The lowest BCUT2D eigenvalue weighted by molar-refractivity contribution is -0.151. The number of alkyl carbamates (subject to hydrolysis) is 1. The highest BCUT2D eigenvalue weighted by molar-refractivity contribution is 6.45. The van der Waals surface area contributed by atoms with E-state index in [1.807, 2.05) is 35.2 Å². The summed E-state index contributed by atoms with van der Waals surface area (Å²) in [6, 6.07) is 9.71. The second-order valence-corrected chi connectivity index (χ2v) is 13.8. The van der Waals surface area contributed by atoms with Gasteiger partial charge in [-0.15, -0.1) is 0 Å². The number of esters is 1. The van der Waals surface area contributed by atoms with Crippen LogP contribution in [0.4, 0.5) is 4.79 Å². The van der Waals surface area contributed by atoms with Crippen molar-refractivity contribution < 1.29 is 33.2 Å². The van der Waals surface area contributed by atoms with E-state index in [4.69, 9.17) is 18.8 Å². The molecule has 2 saturated heterocycles. The fourth-order valence-electron chi connectivity index (χ4n) is 6.33. The van der Waals surface area contributed by atoms with Crippen molar-refractivity contribution in [3.8, 4) is 0 Å². The first kappa shape index (κ1) is 31.4.